The summed E-state index contributed by atoms with van der Waals surface area (Å²) in [4.78, 5) is 6.79. The van der Waals surface area contributed by atoms with Crippen LogP contribution in [0.2, 0.25) is 0 Å². The Bertz CT molecular complexity index is 333. The molecular weight excluding hydrogens is 248 g/mol. The highest BCUT2D eigenvalue weighted by Crippen LogP contribution is 2.14. The van der Waals surface area contributed by atoms with E-state index >= 15 is 0 Å². The average molecular weight is 273 g/mol. The lowest BCUT2D eigenvalue weighted by Crippen LogP contribution is -2.36. The number of hydrogen-bond acceptors (Lipinski definition) is 3. The van der Waals surface area contributed by atoms with Crippen LogP contribution in [0.15, 0.2) is 6.33 Å². The summed E-state index contributed by atoms with van der Waals surface area (Å²) in [5.41, 5.74) is 0. The van der Waals surface area contributed by atoms with Crippen LogP contribution in [0.3, 0.4) is 0 Å². The Hall–Kier alpha value is -0.610. The van der Waals surface area contributed by atoms with Crippen molar-refractivity contribution in [1.82, 2.24) is 19.7 Å². The van der Waals surface area contributed by atoms with E-state index in [1.807, 2.05) is 4.68 Å². The van der Waals surface area contributed by atoms with Crippen molar-refractivity contribution in [3.63, 3.8) is 0 Å². The Morgan fingerprint density at radius 3 is 2.50 bits per heavy atom. The van der Waals surface area contributed by atoms with Crippen molar-refractivity contribution in [1.29, 1.82) is 0 Å². The van der Waals surface area contributed by atoms with E-state index in [0.29, 0.717) is 18.0 Å². The third-order valence-corrected chi connectivity index (χ3v) is 3.48. The molecule has 0 N–H and O–H groups in total. The minimum absolute atomic E-state index is 0.349. The van der Waals surface area contributed by atoms with Gasteiger partial charge in [-0.05, 0) is 26.7 Å². The maximum absolute atomic E-state index is 5.91. The number of halogens is 1. The SMILES string of the molecule is CCC(CC)N(CCCl)Cc1ncnn1C(C)C. The number of alkyl halides is 1. The van der Waals surface area contributed by atoms with Crippen molar-refractivity contribution in [3.05, 3.63) is 12.2 Å². The van der Waals surface area contributed by atoms with Gasteiger partial charge in [-0.1, -0.05) is 13.8 Å². The Morgan fingerprint density at radius 2 is 2.00 bits per heavy atom. The first kappa shape index (κ1) is 15.4. The predicted molar refractivity (Wildman–Crippen MR) is 75.9 cm³/mol. The molecule has 4 nitrogen and oxygen atoms in total. The van der Waals surface area contributed by atoms with Gasteiger partial charge in [-0.2, -0.15) is 5.10 Å². The van der Waals surface area contributed by atoms with Crippen molar-refractivity contribution in [2.45, 2.75) is 59.2 Å². The van der Waals surface area contributed by atoms with E-state index in [1.165, 1.54) is 0 Å². The van der Waals surface area contributed by atoms with Gasteiger partial charge < -0.3 is 0 Å². The molecule has 0 aliphatic carbocycles. The van der Waals surface area contributed by atoms with Crippen molar-refractivity contribution in [3.8, 4) is 0 Å². The minimum Gasteiger partial charge on any atom is -0.292 e. The molecule has 1 aromatic rings. The second-order valence-corrected chi connectivity index (χ2v) is 5.22. The molecule has 0 bridgehead atoms. The molecule has 0 spiro atoms. The zero-order valence-electron chi connectivity index (χ0n) is 11.9. The molecule has 1 aromatic heterocycles. The van der Waals surface area contributed by atoms with Gasteiger partial charge in [0.1, 0.15) is 12.2 Å². The summed E-state index contributed by atoms with van der Waals surface area (Å²) >= 11 is 5.91. The summed E-state index contributed by atoms with van der Waals surface area (Å²) in [6.45, 7) is 10.4. The monoisotopic (exact) mass is 272 g/mol. The normalized spacial score (nSPS) is 12.0. The van der Waals surface area contributed by atoms with Crippen LogP contribution in [-0.2, 0) is 6.54 Å². The van der Waals surface area contributed by atoms with E-state index in [4.69, 9.17) is 11.6 Å². The van der Waals surface area contributed by atoms with Crippen LogP contribution in [0.4, 0.5) is 0 Å². The Kier molecular flexibility index (Phi) is 6.65. The topological polar surface area (TPSA) is 34.0 Å². The molecule has 0 amide bonds. The van der Waals surface area contributed by atoms with Gasteiger partial charge in [0.05, 0.1) is 6.54 Å². The van der Waals surface area contributed by atoms with Crippen LogP contribution >= 0.6 is 11.6 Å². The zero-order chi connectivity index (χ0) is 13.5. The molecule has 5 heteroatoms. The first-order chi connectivity index (χ1) is 8.63. The summed E-state index contributed by atoms with van der Waals surface area (Å²) in [5, 5.41) is 4.29. The number of rotatable bonds is 8. The maximum atomic E-state index is 5.91. The fourth-order valence-electron chi connectivity index (χ4n) is 2.30. The second kappa shape index (κ2) is 7.74. The smallest absolute Gasteiger partial charge is 0.141 e. The Balaban J connectivity index is 2.79. The largest absolute Gasteiger partial charge is 0.292 e. The molecule has 1 heterocycles. The molecule has 0 aliphatic rings. The summed E-state index contributed by atoms with van der Waals surface area (Å²) in [7, 11) is 0. The zero-order valence-corrected chi connectivity index (χ0v) is 12.7. The van der Waals surface area contributed by atoms with Gasteiger partial charge in [0, 0.05) is 24.5 Å². The molecule has 0 unspecified atom stereocenters. The van der Waals surface area contributed by atoms with Gasteiger partial charge in [-0.15, -0.1) is 11.6 Å². The van der Waals surface area contributed by atoms with Crippen LogP contribution in [0.5, 0.6) is 0 Å². The van der Waals surface area contributed by atoms with Gasteiger partial charge in [0.25, 0.3) is 0 Å². The minimum atomic E-state index is 0.349. The van der Waals surface area contributed by atoms with E-state index in [9.17, 15) is 0 Å². The second-order valence-electron chi connectivity index (χ2n) is 4.84. The quantitative estimate of drug-likeness (QED) is 0.682. The number of nitrogens with zero attached hydrogens (tertiary/aromatic N) is 4. The summed E-state index contributed by atoms with van der Waals surface area (Å²) < 4.78 is 1.99. The molecule has 0 aromatic carbocycles. The van der Waals surface area contributed by atoms with Gasteiger partial charge in [-0.25, -0.2) is 9.67 Å². The summed E-state index contributed by atoms with van der Waals surface area (Å²) in [5.74, 6) is 1.69. The van der Waals surface area contributed by atoms with Gasteiger partial charge in [0.15, 0.2) is 0 Å². The van der Waals surface area contributed by atoms with E-state index in [-0.39, 0.29) is 0 Å². The highest BCUT2D eigenvalue weighted by molar-refractivity contribution is 6.18. The highest BCUT2D eigenvalue weighted by atomic mass is 35.5. The van der Waals surface area contributed by atoms with E-state index < -0.39 is 0 Å². The third-order valence-electron chi connectivity index (χ3n) is 3.31. The standard InChI is InChI=1S/C13H25ClN4/c1-5-12(6-2)17(8-7-14)9-13-15-10-16-18(13)11(3)4/h10-12H,5-9H2,1-4H3. The van der Waals surface area contributed by atoms with Crippen molar-refractivity contribution >= 4 is 11.6 Å². The summed E-state index contributed by atoms with van der Waals surface area (Å²) in [6, 6.07) is 0.920. The fraction of sp³-hybridized carbons (Fsp3) is 0.846. The lowest BCUT2D eigenvalue weighted by atomic mass is 10.1. The van der Waals surface area contributed by atoms with Crippen LogP contribution in [-0.4, -0.2) is 38.1 Å². The van der Waals surface area contributed by atoms with Gasteiger partial charge in [-0.3, -0.25) is 4.90 Å². The van der Waals surface area contributed by atoms with Crippen LogP contribution in [0, 0.1) is 0 Å². The first-order valence-corrected chi connectivity index (χ1v) is 7.35. The predicted octanol–water partition coefficient (Wildman–Crippen LogP) is 3.09. The van der Waals surface area contributed by atoms with E-state index in [2.05, 4.69) is 42.7 Å². The molecule has 1 rings (SSSR count). The lowest BCUT2D eigenvalue weighted by Gasteiger charge is -2.29. The fourth-order valence-corrected chi connectivity index (χ4v) is 2.52. The van der Waals surface area contributed by atoms with Crippen LogP contribution < -0.4 is 0 Å². The van der Waals surface area contributed by atoms with Crippen molar-refractivity contribution < 1.29 is 0 Å². The molecule has 104 valence electrons. The summed E-state index contributed by atoms with van der Waals surface area (Å²) in [6.07, 6.45) is 3.92. The van der Waals surface area contributed by atoms with Gasteiger partial charge >= 0.3 is 0 Å². The van der Waals surface area contributed by atoms with Crippen LogP contribution in [0.1, 0.15) is 52.4 Å². The van der Waals surface area contributed by atoms with Crippen molar-refractivity contribution in [2.24, 2.45) is 0 Å². The molecule has 0 atom stereocenters. The van der Waals surface area contributed by atoms with E-state index in [1.54, 1.807) is 6.33 Å². The number of aromatic nitrogens is 3. The first-order valence-electron chi connectivity index (χ1n) is 6.82. The molecule has 0 saturated heterocycles. The van der Waals surface area contributed by atoms with Crippen LogP contribution in [0.25, 0.3) is 0 Å². The Labute approximate surface area is 115 Å². The molecular formula is C13H25ClN4. The molecule has 18 heavy (non-hydrogen) atoms. The van der Waals surface area contributed by atoms with Gasteiger partial charge in [0.2, 0.25) is 0 Å². The van der Waals surface area contributed by atoms with Crippen molar-refractivity contribution in [2.75, 3.05) is 12.4 Å². The maximum Gasteiger partial charge on any atom is 0.141 e. The third kappa shape index (κ3) is 3.95. The molecule has 0 fully saturated rings. The van der Waals surface area contributed by atoms with E-state index in [0.717, 1.165) is 31.8 Å². The highest BCUT2D eigenvalue weighted by Gasteiger charge is 2.18. The molecule has 0 aliphatic heterocycles. The number of hydrogen-bond donors (Lipinski definition) is 0. The molecule has 0 radical (unpaired) electrons. The Morgan fingerprint density at radius 1 is 1.33 bits per heavy atom. The average Bonchev–Trinajstić information content (AvgIpc) is 2.79. The molecule has 0 saturated carbocycles. The lowest BCUT2D eigenvalue weighted by molar-refractivity contribution is 0.179.